The third kappa shape index (κ3) is 4.22. The first-order valence-electron chi connectivity index (χ1n) is 15.5. The molecular weight excluding hydrogens is 575 g/mol. The summed E-state index contributed by atoms with van der Waals surface area (Å²) in [4.78, 5) is 6.67. The molecule has 2 heterocycles. The number of pyridine rings is 1. The second-order valence-electron chi connectivity index (χ2n) is 11.4. The fraction of sp³-hybridized carbons (Fsp3) is 0. The van der Waals surface area contributed by atoms with E-state index in [0.29, 0.717) is 5.56 Å². The molecule has 0 unspecified atom stereocenters. The Morgan fingerprint density at radius 3 is 1.48 bits per heavy atom. The van der Waals surface area contributed by atoms with E-state index in [0.717, 1.165) is 27.9 Å². The maximum atomic E-state index is 9.96. The number of benzene rings is 6. The molecule has 4 heteroatoms. The van der Waals surface area contributed by atoms with Crippen LogP contribution < -0.4 is 25.6 Å². The minimum absolute atomic E-state index is 0.558. The first kappa shape index (κ1) is 27.5. The number of para-hydroxylation sites is 3. The number of anilines is 3. The molecule has 0 N–H and O–H groups in total. The largest absolute Gasteiger partial charge is 0.310 e. The van der Waals surface area contributed by atoms with Crippen LogP contribution in [0.5, 0.6) is 0 Å². The molecule has 7 aromatic rings. The lowest BCUT2D eigenvalue weighted by molar-refractivity contribution is 1.29. The Kier molecular flexibility index (Phi) is 6.87. The molecule has 0 amide bonds. The third-order valence-corrected chi connectivity index (χ3v) is 14.0. The smallest absolute Gasteiger partial charge is 0.184 e. The van der Waals surface area contributed by atoms with Gasteiger partial charge in [-0.25, -0.2) is 0 Å². The van der Waals surface area contributed by atoms with Crippen LogP contribution in [-0.2, 0) is 0 Å². The number of hydrogen-bond acceptors (Lipinski definition) is 3. The molecule has 46 heavy (non-hydrogen) atoms. The molecule has 6 aromatic carbocycles. The summed E-state index contributed by atoms with van der Waals surface area (Å²) in [6.07, 6.45) is 3.40. The van der Waals surface area contributed by atoms with E-state index in [4.69, 9.17) is 0 Å². The molecule has 0 saturated heterocycles. The zero-order valence-corrected chi connectivity index (χ0v) is 26.1. The second kappa shape index (κ2) is 11.5. The molecule has 1 aliphatic rings. The fourth-order valence-corrected chi connectivity index (χ4v) is 12.3. The number of hydrogen-bond donors (Lipinski definition) is 0. The monoisotopic (exact) mass is 603 g/mol. The molecule has 0 atom stereocenters. The van der Waals surface area contributed by atoms with Crippen LogP contribution in [0.3, 0.4) is 0 Å². The molecule has 1 aromatic heterocycles. The maximum Gasteiger partial charge on any atom is 0.184 e. The molecule has 0 aliphatic carbocycles. The van der Waals surface area contributed by atoms with Gasteiger partial charge in [0.15, 0.2) is 8.07 Å². The molecule has 3 nitrogen and oxygen atoms in total. The molecule has 216 valence electrons. The zero-order valence-electron chi connectivity index (χ0n) is 25.1. The van der Waals surface area contributed by atoms with Crippen LogP contribution in [-0.4, -0.2) is 13.1 Å². The summed E-state index contributed by atoms with van der Waals surface area (Å²) in [5.41, 5.74) is 8.06. The van der Waals surface area contributed by atoms with Crippen molar-refractivity contribution in [2.75, 3.05) is 4.90 Å². The van der Waals surface area contributed by atoms with E-state index in [1.807, 2.05) is 12.1 Å². The van der Waals surface area contributed by atoms with Gasteiger partial charge in [0.1, 0.15) is 6.07 Å². The van der Waals surface area contributed by atoms with Gasteiger partial charge in [0, 0.05) is 34.9 Å². The summed E-state index contributed by atoms with van der Waals surface area (Å²) in [7, 11) is -2.71. The van der Waals surface area contributed by atoms with Gasteiger partial charge in [0.25, 0.3) is 0 Å². The van der Waals surface area contributed by atoms with Gasteiger partial charge in [-0.1, -0.05) is 140 Å². The Bertz CT molecular complexity index is 2150. The Balaban J connectivity index is 1.43. The van der Waals surface area contributed by atoms with Crippen molar-refractivity contribution in [3.8, 4) is 28.3 Å². The lowest BCUT2D eigenvalue weighted by Crippen LogP contribution is -2.77. The van der Waals surface area contributed by atoms with Crippen molar-refractivity contribution in [1.82, 2.24) is 4.98 Å². The average molecular weight is 604 g/mol. The van der Waals surface area contributed by atoms with E-state index in [1.54, 1.807) is 12.4 Å². The highest BCUT2D eigenvalue weighted by Crippen LogP contribution is 2.45. The normalized spacial score (nSPS) is 12.9. The standard InChI is InChI=1S/C42H29N3Si/c43-29-31-30-44-28-27-34(31)35-19-7-8-20-36(35)37-21-9-10-22-38(37)45-39-23-11-13-25-41(39)46(32-15-3-1-4-16-32,33-17-5-2-6-18-33)42-26-14-12-24-40(42)45/h1-28,30H. The summed E-state index contributed by atoms with van der Waals surface area (Å²) >= 11 is 0. The summed E-state index contributed by atoms with van der Waals surface area (Å²) in [5, 5.41) is 15.4. The van der Waals surface area contributed by atoms with Gasteiger partial charge in [0.05, 0.1) is 11.3 Å². The predicted octanol–water partition coefficient (Wildman–Crippen LogP) is 7.45. The number of nitrogens with zero attached hydrogens (tertiary/aromatic N) is 3. The third-order valence-electron chi connectivity index (χ3n) is 9.11. The second-order valence-corrected chi connectivity index (χ2v) is 15.2. The van der Waals surface area contributed by atoms with Crippen LogP contribution in [0.1, 0.15) is 5.56 Å². The SMILES string of the molecule is N#Cc1cnccc1-c1ccccc1-c1ccccc1N1c2ccccc2[Si](c2ccccc2)(c2ccccc2)c2ccccc21. The van der Waals surface area contributed by atoms with Crippen LogP contribution in [0.25, 0.3) is 22.3 Å². The van der Waals surface area contributed by atoms with Crippen molar-refractivity contribution >= 4 is 45.9 Å². The lowest BCUT2D eigenvalue weighted by atomic mass is 9.91. The fourth-order valence-electron chi connectivity index (χ4n) is 7.24. The van der Waals surface area contributed by atoms with Crippen molar-refractivity contribution in [1.29, 1.82) is 5.26 Å². The van der Waals surface area contributed by atoms with E-state index in [9.17, 15) is 5.26 Å². The minimum Gasteiger partial charge on any atom is -0.310 e. The Morgan fingerprint density at radius 1 is 0.457 bits per heavy atom. The van der Waals surface area contributed by atoms with Gasteiger partial charge in [-0.05, 0) is 56.1 Å². The van der Waals surface area contributed by atoms with Crippen molar-refractivity contribution in [3.05, 3.63) is 182 Å². The molecule has 0 fully saturated rings. The van der Waals surface area contributed by atoms with Gasteiger partial charge < -0.3 is 4.90 Å². The van der Waals surface area contributed by atoms with E-state index >= 15 is 0 Å². The van der Waals surface area contributed by atoms with Crippen molar-refractivity contribution in [2.45, 2.75) is 0 Å². The van der Waals surface area contributed by atoms with Crippen LogP contribution in [0, 0.1) is 11.3 Å². The summed E-state index contributed by atoms with van der Waals surface area (Å²) in [5.74, 6) is 0. The first-order chi connectivity index (χ1) is 22.8. The van der Waals surface area contributed by atoms with Gasteiger partial charge in [-0.15, -0.1) is 0 Å². The maximum absolute atomic E-state index is 9.96. The zero-order chi connectivity index (χ0) is 30.9. The summed E-state index contributed by atoms with van der Waals surface area (Å²) < 4.78 is 0. The lowest BCUT2D eigenvalue weighted by Gasteiger charge is -2.45. The van der Waals surface area contributed by atoms with Crippen LogP contribution in [0.15, 0.2) is 176 Å². The average Bonchev–Trinajstić information content (AvgIpc) is 3.14. The molecule has 0 bridgehead atoms. The van der Waals surface area contributed by atoms with Crippen molar-refractivity contribution in [2.24, 2.45) is 0 Å². The summed E-state index contributed by atoms with van der Waals surface area (Å²) in [6, 6.07) is 61.4. The van der Waals surface area contributed by atoms with Crippen LogP contribution in [0.4, 0.5) is 17.1 Å². The molecule has 8 rings (SSSR count). The van der Waals surface area contributed by atoms with E-state index in [2.05, 4.69) is 168 Å². The molecule has 0 saturated carbocycles. The van der Waals surface area contributed by atoms with E-state index in [1.165, 1.54) is 32.1 Å². The van der Waals surface area contributed by atoms with E-state index in [-0.39, 0.29) is 0 Å². The Hall–Kier alpha value is -6.02. The molecule has 1 aliphatic heterocycles. The highest BCUT2D eigenvalue weighted by Gasteiger charge is 2.48. The number of nitriles is 1. The Labute approximate surface area is 270 Å². The summed E-state index contributed by atoms with van der Waals surface area (Å²) in [6.45, 7) is 0. The Morgan fingerprint density at radius 2 is 0.913 bits per heavy atom. The first-order valence-corrected chi connectivity index (χ1v) is 17.5. The molecule has 0 radical (unpaired) electrons. The minimum atomic E-state index is -2.71. The molecular formula is C42H29N3Si. The van der Waals surface area contributed by atoms with Gasteiger partial charge in [-0.3, -0.25) is 4.98 Å². The number of rotatable bonds is 5. The van der Waals surface area contributed by atoms with Crippen LogP contribution >= 0.6 is 0 Å². The van der Waals surface area contributed by atoms with Crippen molar-refractivity contribution < 1.29 is 0 Å². The number of aromatic nitrogens is 1. The van der Waals surface area contributed by atoms with Crippen molar-refractivity contribution in [3.63, 3.8) is 0 Å². The highest BCUT2D eigenvalue weighted by molar-refractivity contribution is 7.21. The van der Waals surface area contributed by atoms with Gasteiger partial charge >= 0.3 is 0 Å². The topological polar surface area (TPSA) is 39.9 Å². The predicted molar refractivity (Wildman–Crippen MR) is 192 cm³/mol. The highest BCUT2D eigenvalue weighted by atomic mass is 28.3. The van der Waals surface area contributed by atoms with Gasteiger partial charge in [0.2, 0.25) is 0 Å². The molecule has 0 spiro atoms. The van der Waals surface area contributed by atoms with Gasteiger partial charge in [-0.2, -0.15) is 5.26 Å². The van der Waals surface area contributed by atoms with Crippen LogP contribution in [0.2, 0.25) is 0 Å². The number of fused-ring (bicyclic) bond motifs is 2. The quantitative estimate of drug-likeness (QED) is 0.192. The van der Waals surface area contributed by atoms with E-state index < -0.39 is 8.07 Å².